The van der Waals surface area contributed by atoms with Crippen LogP contribution in [0.4, 0.5) is 0 Å². The molecule has 1 aliphatic carbocycles. The maximum Gasteiger partial charge on any atom is 0.249 e. The van der Waals surface area contributed by atoms with Crippen LogP contribution in [-0.2, 0) is 27.9 Å². The Balaban J connectivity index is 1.78. The Hall–Kier alpha value is -1.67. The van der Waals surface area contributed by atoms with E-state index in [2.05, 4.69) is 9.82 Å². The summed E-state index contributed by atoms with van der Waals surface area (Å²) < 4.78 is 27.1. The van der Waals surface area contributed by atoms with Gasteiger partial charge in [0.05, 0.1) is 18.5 Å². The minimum Gasteiger partial charge on any atom is -0.333 e. The van der Waals surface area contributed by atoms with Crippen LogP contribution in [0.3, 0.4) is 0 Å². The minimum absolute atomic E-state index is 0.00294. The summed E-state index contributed by atoms with van der Waals surface area (Å²) in [4.78, 5) is 14.5. The Morgan fingerprint density at radius 2 is 2.26 bits per heavy atom. The fraction of sp³-hybridized carbons (Fsp3) is 0.600. The number of fused-ring (bicyclic) bond motifs is 1. The summed E-state index contributed by atoms with van der Waals surface area (Å²) in [5.41, 5.74) is 1.87. The maximum atomic E-state index is 12.7. The molecule has 0 aromatic carbocycles. The van der Waals surface area contributed by atoms with Gasteiger partial charge in [0, 0.05) is 37.3 Å². The fourth-order valence-corrected chi connectivity index (χ4v) is 3.69. The third-order valence-electron chi connectivity index (χ3n) is 4.30. The van der Waals surface area contributed by atoms with Crippen molar-refractivity contribution in [3.63, 3.8) is 0 Å². The van der Waals surface area contributed by atoms with Gasteiger partial charge >= 0.3 is 0 Å². The average molecular weight is 338 g/mol. The minimum atomic E-state index is -3.25. The lowest BCUT2D eigenvalue weighted by Gasteiger charge is -2.24. The van der Waals surface area contributed by atoms with E-state index < -0.39 is 10.0 Å². The van der Waals surface area contributed by atoms with Crippen molar-refractivity contribution in [1.82, 2.24) is 19.4 Å². The van der Waals surface area contributed by atoms with Crippen LogP contribution in [0, 0.1) is 5.92 Å². The van der Waals surface area contributed by atoms with Gasteiger partial charge in [0.15, 0.2) is 0 Å². The molecular weight excluding hydrogens is 316 g/mol. The van der Waals surface area contributed by atoms with Crippen LogP contribution in [0.5, 0.6) is 0 Å². The first-order valence-electron chi connectivity index (χ1n) is 7.86. The Kier molecular flexibility index (Phi) is 4.54. The zero-order valence-corrected chi connectivity index (χ0v) is 14.1. The zero-order valence-electron chi connectivity index (χ0n) is 13.2. The van der Waals surface area contributed by atoms with Crippen molar-refractivity contribution >= 4 is 15.9 Å². The first-order chi connectivity index (χ1) is 10.9. The molecule has 0 saturated carbocycles. The molecule has 1 aromatic heterocycles. The molecule has 1 amide bonds. The number of nitrogens with zero attached hydrogens (tertiary/aromatic N) is 3. The summed E-state index contributed by atoms with van der Waals surface area (Å²) >= 11 is 0. The third-order valence-corrected chi connectivity index (χ3v) is 5.00. The lowest BCUT2D eigenvalue weighted by molar-refractivity contribution is -0.128. The Morgan fingerprint density at radius 1 is 1.43 bits per heavy atom. The molecule has 0 unspecified atom stereocenters. The second-order valence-electron chi connectivity index (χ2n) is 6.30. The normalized spacial score (nSPS) is 21.7. The summed E-state index contributed by atoms with van der Waals surface area (Å²) in [6.07, 6.45) is 7.72. The molecular formula is C15H22N4O3S. The molecule has 8 heteroatoms. The first-order valence-corrected chi connectivity index (χ1v) is 9.75. The van der Waals surface area contributed by atoms with E-state index in [4.69, 9.17) is 0 Å². The highest BCUT2D eigenvalue weighted by molar-refractivity contribution is 7.88. The second-order valence-corrected chi connectivity index (χ2v) is 8.13. The van der Waals surface area contributed by atoms with Crippen LogP contribution >= 0.6 is 0 Å². The maximum absolute atomic E-state index is 12.7. The van der Waals surface area contributed by atoms with E-state index in [-0.39, 0.29) is 11.8 Å². The van der Waals surface area contributed by atoms with Crippen molar-refractivity contribution in [2.75, 3.05) is 19.3 Å². The molecule has 1 aliphatic heterocycles. The molecule has 2 aliphatic rings. The van der Waals surface area contributed by atoms with Gasteiger partial charge < -0.3 is 4.90 Å². The van der Waals surface area contributed by atoms with Gasteiger partial charge in [0.1, 0.15) is 0 Å². The molecule has 126 valence electrons. The standard InChI is InChI=1S/C15H22N4O3S/c1-23(21,22)17-8-12-9-18(15(20)13-4-2-3-5-13)11-14-6-7-16-19(14)10-12/h4,6-7,12,17H,2-3,5,8-11H2,1H3/t12-/m1/s1. The van der Waals surface area contributed by atoms with Crippen LogP contribution in [0.1, 0.15) is 25.0 Å². The average Bonchev–Trinajstić information content (AvgIpc) is 3.12. The largest absolute Gasteiger partial charge is 0.333 e. The summed E-state index contributed by atoms with van der Waals surface area (Å²) in [6.45, 7) is 1.96. The number of allylic oxidation sites excluding steroid dienone is 1. The summed E-state index contributed by atoms with van der Waals surface area (Å²) in [5.74, 6) is 0.0679. The Labute approximate surface area is 136 Å². The molecule has 3 rings (SSSR count). The molecule has 0 saturated heterocycles. The van der Waals surface area contributed by atoms with Crippen molar-refractivity contribution in [3.05, 3.63) is 29.6 Å². The molecule has 7 nitrogen and oxygen atoms in total. The lowest BCUT2D eigenvalue weighted by Crippen LogP contribution is -2.39. The molecule has 1 atom stereocenters. The van der Waals surface area contributed by atoms with Gasteiger partial charge in [-0.3, -0.25) is 9.48 Å². The van der Waals surface area contributed by atoms with Gasteiger partial charge in [0.2, 0.25) is 15.9 Å². The first kappa shape index (κ1) is 16.2. The number of hydrogen-bond donors (Lipinski definition) is 1. The van der Waals surface area contributed by atoms with E-state index in [1.165, 1.54) is 0 Å². The Morgan fingerprint density at radius 3 is 2.96 bits per heavy atom. The van der Waals surface area contributed by atoms with E-state index in [1.54, 1.807) is 6.20 Å². The molecule has 0 radical (unpaired) electrons. The number of rotatable bonds is 4. The Bertz CT molecular complexity index is 723. The van der Waals surface area contributed by atoms with Gasteiger partial charge in [-0.15, -0.1) is 0 Å². The van der Waals surface area contributed by atoms with E-state index in [0.717, 1.165) is 36.8 Å². The van der Waals surface area contributed by atoms with Crippen LogP contribution < -0.4 is 4.72 Å². The molecule has 1 aromatic rings. The highest BCUT2D eigenvalue weighted by Crippen LogP contribution is 2.23. The van der Waals surface area contributed by atoms with Crippen LogP contribution in [0.15, 0.2) is 23.9 Å². The topological polar surface area (TPSA) is 84.3 Å². The smallest absolute Gasteiger partial charge is 0.249 e. The summed E-state index contributed by atoms with van der Waals surface area (Å²) in [6, 6.07) is 1.91. The molecule has 0 spiro atoms. The van der Waals surface area contributed by atoms with Crippen LogP contribution in [-0.4, -0.2) is 48.4 Å². The highest BCUT2D eigenvalue weighted by Gasteiger charge is 2.28. The molecule has 0 fully saturated rings. The van der Waals surface area contributed by atoms with Crippen LogP contribution in [0.2, 0.25) is 0 Å². The molecule has 23 heavy (non-hydrogen) atoms. The van der Waals surface area contributed by atoms with E-state index in [0.29, 0.717) is 26.2 Å². The van der Waals surface area contributed by atoms with Gasteiger partial charge in [-0.25, -0.2) is 13.1 Å². The summed E-state index contributed by atoms with van der Waals surface area (Å²) in [5, 5.41) is 4.29. The van der Waals surface area contributed by atoms with Crippen molar-refractivity contribution in [3.8, 4) is 0 Å². The predicted octanol–water partition coefficient (Wildman–Crippen LogP) is 0.501. The quantitative estimate of drug-likeness (QED) is 0.866. The fourth-order valence-electron chi connectivity index (χ4n) is 3.15. The van der Waals surface area contributed by atoms with Gasteiger partial charge in [-0.05, 0) is 25.3 Å². The van der Waals surface area contributed by atoms with Crippen molar-refractivity contribution in [2.45, 2.75) is 32.4 Å². The molecule has 2 heterocycles. The lowest BCUT2D eigenvalue weighted by atomic mass is 10.1. The number of sulfonamides is 1. The number of carbonyl (C=O) groups is 1. The number of nitrogens with one attached hydrogen (secondary N) is 1. The zero-order chi connectivity index (χ0) is 16.4. The van der Waals surface area contributed by atoms with Gasteiger partial charge in [0.25, 0.3) is 0 Å². The van der Waals surface area contributed by atoms with E-state index in [9.17, 15) is 13.2 Å². The number of carbonyl (C=O) groups excluding carboxylic acids is 1. The number of amides is 1. The second kappa shape index (κ2) is 6.45. The van der Waals surface area contributed by atoms with E-state index >= 15 is 0 Å². The monoisotopic (exact) mass is 338 g/mol. The highest BCUT2D eigenvalue weighted by atomic mass is 32.2. The van der Waals surface area contributed by atoms with Crippen LogP contribution in [0.25, 0.3) is 0 Å². The number of hydrogen-bond acceptors (Lipinski definition) is 4. The SMILES string of the molecule is CS(=O)(=O)NC[C@@H]1CN(C(=O)C2=CCCC2)Cc2ccnn2C1. The third kappa shape index (κ3) is 4.00. The van der Waals surface area contributed by atoms with Crippen molar-refractivity contribution in [1.29, 1.82) is 0 Å². The molecule has 0 bridgehead atoms. The van der Waals surface area contributed by atoms with Gasteiger partial charge in [-0.1, -0.05) is 6.08 Å². The van der Waals surface area contributed by atoms with Crippen molar-refractivity contribution in [2.24, 2.45) is 5.92 Å². The van der Waals surface area contributed by atoms with Gasteiger partial charge in [-0.2, -0.15) is 5.10 Å². The number of aromatic nitrogens is 2. The molecule has 1 N–H and O–H groups in total. The van der Waals surface area contributed by atoms with E-state index in [1.807, 2.05) is 21.7 Å². The predicted molar refractivity (Wildman–Crippen MR) is 85.9 cm³/mol. The van der Waals surface area contributed by atoms with Crippen molar-refractivity contribution < 1.29 is 13.2 Å². The summed E-state index contributed by atoms with van der Waals surface area (Å²) in [7, 11) is -3.25.